The Morgan fingerprint density at radius 3 is 0.500 bits per heavy atom. The van der Waals surface area contributed by atoms with Gasteiger partial charge in [-0.15, -0.1) is 0 Å². The van der Waals surface area contributed by atoms with Crippen LogP contribution in [-0.4, -0.2) is 41.4 Å². The highest BCUT2D eigenvalue weighted by Gasteiger charge is 2.09. The van der Waals surface area contributed by atoms with Crippen LogP contribution >= 0.6 is 0 Å². The summed E-state index contributed by atoms with van der Waals surface area (Å²) < 4.78 is 120. The molecule has 7 amide bonds. The van der Waals surface area contributed by atoms with Crippen molar-refractivity contribution in [3.05, 3.63) is 266 Å². The van der Waals surface area contributed by atoms with E-state index < -0.39 is 129 Å². The molecule has 21 N–H and O–H groups in total. The van der Waals surface area contributed by atoms with E-state index in [9.17, 15) is 33.6 Å². The Hall–Kier alpha value is -9.94. The van der Waals surface area contributed by atoms with E-state index in [0.717, 1.165) is 13.7 Å². The first-order chi connectivity index (χ1) is 43.5. The van der Waals surface area contributed by atoms with Gasteiger partial charge in [0.05, 0.1) is 12.3 Å². The number of carbonyl (C=O) groups excluding carboxylic acids is 7. The maximum Gasteiger partial charge on any atom is 0.299 e. The van der Waals surface area contributed by atoms with Crippen molar-refractivity contribution in [2.24, 2.45) is 40.9 Å². The van der Waals surface area contributed by atoms with E-state index in [1.807, 2.05) is 89.1 Å². The quantitative estimate of drug-likeness (QED) is 0.0162. The molecular weight excluding hydrogens is 1080 g/mol. The summed E-state index contributed by atoms with van der Waals surface area (Å²) in [6.07, 6.45) is 11.6. The van der Waals surface area contributed by atoms with E-state index in [-0.39, 0.29) is 102 Å². The smallest absolute Gasteiger partial charge is 0.299 e. The standard InChI is InChI=1S/7C7H9N3O.7CH3/c7*8-9-7(11)6-10-4-2-1-3-5-10;;;;;;;/h7*1-5H,6,8H2;7*1H3/q;;;;;;;7*-1/p+7/i3*1D,2D,3D,4D,5D;;;;;;;;;;;. The van der Waals surface area contributed by atoms with E-state index in [0.29, 0.717) is 0 Å². The SMILES string of the molecule is NNC(=O)C[n+]1ccccc1.NNC(=O)C[n+]1ccccc1.NNC(=O)C[n+]1ccccc1.NNC(=O)C[n+]1ccccc1.[2H]c1c([2H])c([2H])[n+](CC(=O)NN)c([2H])c1[2H].[2H]c1c([2H])c([2H])[n+](CC(=O)NN)c([2H])c1[2H].[2H]c1c([2H])c([2H])[n+](CC(=O)NN)c([2H])c1[2H].[CH3-].[CH3-].[CH3-].[CH3-].[CH3-].[CH3-].[CH3-]. The number of carbonyl (C=O) groups is 7. The number of aromatic nitrogens is 7. The van der Waals surface area contributed by atoms with Crippen LogP contribution in [0, 0.1) is 52.0 Å². The maximum absolute atomic E-state index is 11.0. The van der Waals surface area contributed by atoms with Gasteiger partial charge in [0.25, 0.3) is 41.4 Å². The number of hydrogen-bond acceptors (Lipinski definition) is 14. The molecule has 0 saturated heterocycles. The Bertz CT molecular complexity index is 3100. The third-order valence-electron chi connectivity index (χ3n) is 7.97. The van der Waals surface area contributed by atoms with Gasteiger partial charge in [0.2, 0.25) is 45.8 Å². The second-order valence-corrected chi connectivity index (χ2v) is 13.7. The number of pyridine rings is 7. The van der Waals surface area contributed by atoms with E-state index >= 15 is 0 Å². The molecule has 0 aromatic carbocycles. The molecule has 0 atom stereocenters. The van der Waals surface area contributed by atoms with Crippen LogP contribution in [0.2, 0.25) is 0 Å². The Morgan fingerprint density at radius 1 is 0.238 bits per heavy atom. The van der Waals surface area contributed by atoms with Gasteiger partial charge in [-0.25, -0.2) is 40.9 Å². The lowest BCUT2D eigenvalue weighted by atomic mass is 10.4. The molecule has 462 valence electrons. The van der Waals surface area contributed by atoms with E-state index in [4.69, 9.17) is 61.5 Å². The Labute approximate surface area is 517 Å². The summed E-state index contributed by atoms with van der Waals surface area (Å²) in [4.78, 5) is 75.9. The summed E-state index contributed by atoms with van der Waals surface area (Å²) in [5.74, 6) is 31.4. The first-order valence-electron chi connectivity index (χ1n) is 29.1. The van der Waals surface area contributed by atoms with Crippen LogP contribution in [-0.2, 0) is 79.4 Å². The van der Waals surface area contributed by atoms with Crippen molar-refractivity contribution < 1.29 is 86.1 Å². The molecule has 28 heteroatoms. The highest BCUT2D eigenvalue weighted by molar-refractivity contribution is 5.75. The normalized spacial score (nSPS) is 10.9. The number of hydrogen-bond donors (Lipinski definition) is 14. The number of nitrogens with zero attached hydrogens (tertiary/aromatic N) is 7. The van der Waals surface area contributed by atoms with Gasteiger partial charge in [-0.1, -0.05) is 42.4 Å². The summed E-state index contributed by atoms with van der Waals surface area (Å²) in [7, 11) is 0. The lowest BCUT2D eigenvalue weighted by Crippen LogP contribution is -2.44. The number of nitrogens with two attached hydrogens (primary N) is 7. The fourth-order valence-electron chi connectivity index (χ4n) is 4.56. The first kappa shape index (κ1) is 58.7. The molecule has 7 aromatic heterocycles. The largest absolute Gasteiger partial charge is 0.358 e. The van der Waals surface area contributed by atoms with Gasteiger partial charge in [-0.3, -0.25) is 71.5 Å². The second-order valence-electron chi connectivity index (χ2n) is 13.7. The van der Waals surface area contributed by atoms with Crippen molar-refractivity contribution >= 4 is 41.4 Å². The van der Waals surface area contributed by atoms with Crippen molar-refractivity contribution in [2.45, 2.75) is 45.8 Å². The van der Waals surface area contributed by atoms with Gasteiger partial charge in [0, 0.05) is 84.8 Å². The Morgan fingerprint density at radius 2 is 0.369 bits per heavy atom. The Balaban J connectivity index is -0.000000198. The van der Waals surface area contributed by atoms with Crippen LogP contribution in [0.3, 0.4) is 0 Å². The molecule has 7 rings (SSSR count). The molecule has 28 nitrogen and oxygen atoms in total. The van der Waals surface area contributed by atoms with Crippen LogP contribution in [0.25, 0.3) is 0 Å². The average Bonchev–Trinajstić information content (AvgIpc) is 0.815. The molecule has 84 heavy (non-hydrogen) atoms. The summed E-state index contributed by atoms with van der Waals surface area (Å²) in [6, 6.07) is 17.9. The van der Waals surface area contributed by atoms with Crippen molar-refractivity contribution in [3.63, 3.8) is 0 Å². The van der Waals surface area contributed by atoms with Crippen LogP contribution in [0.4, 0.5) is 0 Å². The molecule has 0 aliphatic rings. The predicted molar refractivity (Wildman–Crippen MR) is 318 cm³/mol. The van der Waals surface area contributed by atoms with E-state index in [1.54, 1.807) is 67.8 Å². The minimum absolute atomic E-state index is 0. The zero-order valence-electron chi connectivity index (χ0n) is 63.0. The number of hydrazine groups is 7. The van der Waals surface area contributed by atoms with Crippen molar-refractivity contribution in [3.8, 4) is 0 Å². The summed E-state index contributed by atoms with van der Waals surface area (Å²) >= 11 is 0. The van der Waals surface area contributed by atoms with Gasteiger partial charge >= 0.3 is 0 Å². The molecule has 0 radical (unpaired) electrons. The Kier molecular flexibility index (Phi) is 40.4. The lowest BCUT2D eigenvalue weighted by molar-refractivity contribution is -0.684. The minimum atomic E-state index is -0.650. The fourth-order valence-corrected chi connectivity index (χ4v) is 4.56. The zero-order chi connectivity index (χ0) is 69.8. The molecule has 0 saturated carbocycles. The van der Waals surface area contributed by atoms with Crippen LogP contribution in [0.15, 0.2) is 214 Å². The number of amides is 7. The third kappa shape index (κ3) is 46.9. The van der Waals surface area contributed by atoms with Crippen LogP contribution < -0.4 is 111 Å². The summed E-state index contributed by atoms with van der Waals surface area (Å²) in [5, 5.41) is 0. The molecule has 0 bridgehead atoms. The molecule has 0 aliphatic carbocycles. The summed E-state index contributed by atoms with van der Waals surface area (Å²) in [6.45, 7) is -0.228. The average molecular weight is 1190 g/mol. The van der Waals surface area contributed by atoms with E-state index in [1.165, 1.54) is 0 Å². The van der Waals surface area contributed by atoms with Crippen molar-refractivity contribution in [2.75, 3.05) is 0 Å². The van der Waals surface area contributed by atoms with Gasteiger partial charge in [-0.05, 0) is 0 Å². The third-order valence-corrected chi connectivity index (χ3v) is 7.97. The second kappa shape index (κ2) is 57.7. The lowest BCUT2D eigenvalue weighted by Gasteiger charge is -1.93. The minimum Gasteiger partial charge on any atom is -0.358 e. The maximum atomic E-state index is 11.0. The highest BCUT2D eigenvalue weighted by atomic mass is 16.2. The van der Waals surface area contributed by atoms with Gasteiger partial charge in [0.15, 0.2) is 86.6 Å². The molecule has 0 fully saturated rings. The van der Waals surface area contributed by atoms with Crippen molar-refractivity contribution in [1.29, 1.82) is 0 Å². The molecule has 7 heterocycles. The molecule has 0 spiro atoms. The van der Waals surface area contributed by atoms with Crippen LogP contribution in [0.1, 0.15) is 20.6 Å². The van der Waals surface area contributed by atoms with Crippen molar-refractivity contribution in [1.82, 2.24) is 38.0 Å². The molecule has 7 aromatic rings. The zero-order valence-corrected chi connectivity index (χ0v) is 48.0. The molecular formula is C56H91N21O7. The highest BCUT2D eigenvalue weighted by Crippen LogP contribution is 1.81. The molecule has 0 unspecified atom stereocenters. The molecule has 0 aliphatic heterocycles. The summed E-state index contributed by atoms with van der Waals surface area (Å²) in [5.41, 5.74) is 13.7. The topological polar surface area (TPSA) is 413 Å². The predicted octanol–water partition coefficient (Wildman–Crippen LogP) is -4.10. The van der Waals surface area contributed by atoms with E-state index in [2.05, 4.69) is 21.7 Å². The number of rotatable bonds is 14. The number of nitrogens with one attached hydrogen (secondary N) is 7. The van der Waals surface area contributed by atoms with Gasteiger partial charge < -0.3 is 52.0 Å². The fraction of sp³-hybridized carbons (Fsp3) is 0.125. The van der Waals surface area contributed by atoms with Gasteiger partial charge in [-0.2, -0.15) is 32.0 Å². The van der Waals surface area contributed by atoms with Crippen LogP contribution in [0.5, 0.6) is 0 Å². The monoisotopic (exact) mass is 1180 g/mol. The first-order valence-corrected chi connectivity index (χ1v) is 21.6. The van der Waals surface area contributed by atoms with Gasteiger partial charge in [0.1, 0.15) is 8.22 Å².